The normalized spacial score (nSPS) is 12.8. The maximum atomic E-state index is 13.6. The van der Waals surface area contributed by atoms with E-state index in [1.54, 1.807) is 6.08 Å². The van der Waals surface area contributed by atoms with Gasteiger partial charge in [0.2, 0.25) is 17.7 Å². The lowest BCUT2D eigenvalue weighted by molar-refractivity contribution is -0.131. The van der Waals surface area contributed by atoms with Crippen LogP contribution in [0.5, 0.6) is 0 Å². The molecule has 0 bridgehead atoms. The average Bonchev–Trinajstić information content (AvgIpc) is 3.13. The first-order chi connectivity index (χ1) is 24.9. The number of aliphatic imine (C=N–C) groups is 1. The van der Waals surface area contributed by atoms with E-state index in [1.807, 2.05) is 113 Å². The SMILES string of the molecule is CC(C)C[C@H](NC(=O)[C@H](CCCN=C(N)N)NC(=O)OCc1ccccc1)C(=O)N[C@H](CNC(=O)C=Cc1ccc(-c2ccccc2)cc1)C(C)C. The van der Waals surface area contributed by atoms with Crippen LogP contribution in [0, 0.1) is 11.8 Å². The number of carbonyl (C=O) groups excluding carboxylic acids is 4. The van der Waals surface area contributed by atoms with Crippen LogP contribution in [0.25, 0.3) is 17.2 Å². The van der Waals surface area contributed by atoms with Crippen LogP contribution in [0.3, 0.4) is 0 Å². The summed E-state index contributed by atoms with van der Waals surface area (Å²) in [6.07, 6.45) is 3.36. The minimum absolute atomic E-state index is 0.0260. The summed E-state index contributed by atoms with van der Waals surface area (Å²) in [5, 5.41) is 11.4. The highest BCUT2D eigenvalue weighted by Crippen LogP contribution is 2.19. The van der Waals surface area contributed by atoms with Crippen molar-refractivity contribution in [1.29, 1.82) is 0 Å². The van der Waals surface area contributed by atoms with Gasteiger partial charge >= 0.3 is 6.09 Å². The molecular weight excluding hydrogens is 658 g/mol. The van der Waals surface area contributed by atoms with E-state index in [4.69, 9.17) is 16.2 Å². The van der Waals surface area contributed by atoms with Gasteiger partial charge in [0, 0.05) is 25.2 Å². The van der Waals surface area contributed by atoms with Crippen LogP contribution >= 0.6 is 0 Å². The van der Waals surface area contributed by atoms with E-state index < -0.39 is 36.0 Å². The molecule has 0 fully saturated rings. The number of nitrogens with two attached hydrogens (primary N) is 2. The largest absolute Gasteiger partial charge is 0.445 e. The van der Waals surface area contributed by atoms with Gasteiger partial charge in [0.05, 0.1) is 0 Å². The third-order valence-electron chi connectivity index (χ3n) is 8.18. The number of nitrogens with zero attached hydrogens (tertiary/aromatic N) is 1. The van der Waals surface area contributed by atoms with Crippen molar-refractivity contribution in [2.45, 2.75) is 71.7 Å². The molecule has 0 aliphatic carbocycles. The molecular formula is C40H53N7O5. The van der Waals surface area contributed by atoms with Gasteiger partial charge in [-0.25, -0.2) is 4.79 Å². The van der Waals surface area contributed by atoms with Crippen LogP contribution in [0.2, 0.25) is 0 Å². The second kappa shape index (κ2) is 21.5. The van der Waals surface area contributed by atoms with Crippen molar-refractivity contribution < 1.29 is 23.9 Å². The molecule has 3 aromatic carbocycles. The Labute approximate surface area is 306 Å². The van der Waals surface area contributed by atoms with E-state index in [2.05, 4.69) is 26.3 Å². The third-order valence-corrected chi connectivity index (χ3v) is 8.18. The summed E-state index contributed by atoms with van der Waals surface area (Å²) in [6, 6.07) is 24.8. The minimum Gasteiger partial charge on any atom is -0.445 e. The molecule has 3 aromatic rings. The molecule has 52 heavy (non-hydrogen) atoms. The zero-order valence-corrected chi connectivity index (χ0v) is 30.5. The molecule has 0 saturated heterocycles. The molecule has 0 heterocycles. The maximum Gasteiger partial charge on any atom is 0.408 e. The number of amides is 4. The van der Waals surface area contributed by atoms with Gasteiger partial charge in [0.15, 0.2) is 5.96 Å². The Balaban J connectivity index is 1.61. The predicted octanol–water partition coefficient (Wildman–Crippen LogP) is 4.50. The highest BCUT2D eigenvalue weighted by Gasteiger charge is 2.29. The van der Waals surface area contributed by atoms with Crippen molar-refractivity contribution in [3.8, 4) is 11.1 Å². The van der Waals surface area contributed by atoms with E-state index in [1.165, 1.54) is 6.08 Å². The molecule has 3 rings (SSSR count). The fourth-order valence-corrected chi connectivity index (χ4v) is 5.25. The fraction of sp³-hybridized carbons (Fsp3) is 0.375. The molecule has 0 saturated carbocycles. The van der Waals surface area contributed by atoms with Crippen molar-refractivity contribution >= 4 is 35.9 Å². The van der Waals surface area contributed by atoms with Crippen molar-refractivity contribution in [2.24, 2.45) is 28.3 Å². The van der Waals surface area contributed by atoms with E-state index in [0.29, 0.717) is 12.8 Å². The van der Waals surface area contributed by atoms with Crippen LogP contribution in [0.4, 0.5) is 4.79 Å². The minimum atomic E-state index is -1.01. The second-order valence-corrected chi connectivity index (χ2v) is 13.3. The topological polar surface area (TPSA) is 190 Å². The summed E-state index contributed by atoms with van der Waals surface area (Å²) in [6.45, 7) is 8.23. The predicted molar refractivity (Wildman–Crippen MR) is 206 cm³/mol. The molecule has 12 nitrogen and oxygen atoms in total. The van der Waals surface area contributed by atoms with Crippen molar-refractivity contribution in [3.63, 3.8) is 0 Å². The first-order valence-corrected chi connectivity index (χ1v) is 17.7. The smallest absolute Gasteiger partial charge is 0.408 e. The first-order valence-electron chi connectivity index (χ1n) is 17.7. The first kappa shape index (κ1) is 40.8. The highest BCUT2D eigenvalue weighted by atomic mass is 16.5. The lowest BCUT2D eigenvalue weighted by Gasteiger charge is -2.28. The summed E-state index contributed by atoms with van der Waals surface area (Å²) in [5.41, 5.74) is 14.7. The number of carbonyl (C=O) groups is 4. The molecule has 0 aromatic heterocycles. The monoisotopic (exact) mass is 711 g/mol. The molecule has 8 N–H and O–H groups in total. The van der Waals surface area contributed by atoms with Crippen molar-refractivity contribution in [1.82, 2.24) is 21.3 Å². The quantitative estimate of drug-likeness (QED) is 0.0457. The van der Waals surface area contributed by atoms with Crippen LogP contribution in [-0.4, -0.2) is 61.0 Å². The molecule has 278 valence electrons. The van der Waals surface area contributed by atoms with E-state index >= 15 is 0 Å². The zero-order chi connectivity index (χ0) is 37.9. The lowest BCUT2D eigenvalue weighted by Crippen LogP contribution is -2.57. The Bertz CT molecular complexity index is 1620. The molecule has 0 unspecified atom stereocenters. The molecule has 3 atom stereocenters. The van der Waals surface area contributed by atoms with Gasteiger partial charge < -0.3 is 37.5 Å². The van der Waals surface area contributed by atoms with Crippen molar-refractivity contribution in [3.05, 3.63) is 102 Å². The Kier molecular flexibility index (Phi) is 16.9. The van der Waals surface area contributed by atoms with E-state index in [0.717, 1.165) is 22.3 Å². The van der Waals surface area contributed by atoms with E-state index in [9.17, 15) is 19.2 Å². The van der Waals surface area contributed by atoms with Gasteiger partial charge in [-0.05, 0) is 59.4 Å². The third kappa shape index (κ3) is 15.1. The van der Waals surface area contributed by atoms with Crippen LogP contribution in [0.1, 0.15) is 58.1 Å². The number of alkyl carbamates (subject to hydrolysis) is 1. The van der Waals surface area contributed by atoms with Crippen molar-refractivity contribution in [2.75, 3.05) is 13.1 Å². The van der Waals surface area contributed by atoms with Gasteiger partial charge in [-0.1, -0.05) is 113 Å². The summed E-state index contributed by atoms with van der Waals surface area (Å²) >= 11 is 0. The molecule has 0 radical (unpaired) electrons. The highest BCUT2D eigenvalue weighted by molar-refractivity contribution is 5.92. The number of hydrogen-bond donors (Lipinski definition) is 6. The second-order valence-electron chi connectivity index (χ2n) is 13.3. The Morgan fingerprint density at radius 3 is 2.00 bits per heavy atom. The summed E-state index contributed by atoms with van der Waals surface area (Å²) in [4.78, 5) is 56.6. The maximum absolute atomic E-state index is 13.6. The number of hydrogen-bond acceptors (Lipinski definition) is 6. The molecule has 0 aliphatic rings. The van der Waals surface area contributed by atoms with Gasteiger partial charge in [-0.15, -0.1) is 0 Å². The van der Waals surface area contributed by atoms with Gasteiger partial charge in [0.25, 0.3) is 0 Å². The molecule has 4 amide bonds. The number of ether oxygens (including phenoxy) is 1. The number of rotatable bonds is 19. The van der Waals surface area contributed by atoms with Crippen LogP contribution in [0.15, 0.2) is 96.0 Å². The molecule has 0 aliphatic heterocycles. The Hall–Kier alpha value is -5.65. The average molecular weight is 712 g/mol. The molecule has 12 heteroatoms. The van der Waals surface area contributed by atoms with Gasteiger partial charge in [-0.3, -0.25) is 19.4 Å². The number of guanidine groups is 1. The van der Waals surface area contributed by atoms with E-state index in [-0.39, 0.29) is 49.8 Å². The summed E-state index contributed by atoms with van der Waals surface area (Å²) in [7, 11) is 0. The number of benzene rings is 3. The Morgan fingerprint density at radius 1 is 0.769 bits per heavy atom. The Morgan fingerprint density at radius 2 is 1.38 bits per heavy atom. The number of nitrogens with one attached hydrogen (secondary N) is 4. The lowest BCUT2D eigenvalue weighted by atomic mass is 9.99. The zero-order valence-electron chi connectivity index (χ0n) is 30.5. The summed E-state index contributed by atoms with van der Waals surface area (Å²) < 4.78 is 5.34. The van der Waals surface area contributed by atoms with Gasteiger partial charge in [0.1, 0.15) is 18.7 Å². The van der Waals surface area contributed by atoms with Gasteiger partial charge in [-0.2, -0.15) is 0 Å². The molecule has 0 spiro atoms. The van der Waals surface area contributed by atoms with Crippen LogP contribution in [-0.2, 0) is 25.7 Å². The fourth-order valence-electron chi connectivity index (χ4n) is 5.25. The standard InChI is InChI=1S/C40H53N7O5/c1-27(2)24-34(45-37(49)33(16-11-23-43-39(41)42)47-40(51)52-26-30-12-7-5-8-13-30)38(50)46-35(28(3)4)25-44-36(48)22-19-29-17-20-32(21-18-29)31-14-9-6-10-15-31/h5-10,12-15,17-22,27-28,33-35H,11,16,23-26H2,1-4H3,(H,44,48)(H,45,49)(H,46,50)(H,47,51)(H4,41,42,43)/t33-,34-,35+/m0/s1. The van der Waals surface area contributed by atoms with Crippen LogP contribution < -0.4 is 32.7 Å². The summed E-state index contributed by atoms with van der Waals surface area (Å²) in [5.74, 6) is -1.28.